The lowest BCUT2D eigenvalue weighted by molar-refractivity contribution is -0.407. The van der Waals surface area contributed by atoms with Gasteiger partial charge < -0.3 is 14.2 Å². The average Bonchev–Trinajstić information content (AvgIpc) is 2.81. The topological polar surface area (TPSA) is 27.7 Å². The van der Waals surface area contributed by atoms with Crippen LogP contribution in [0.5, 0.6) is 0 Å². The summed E-state index contributed by atoms with van der Waals surface area (Å²) in [7, 11) is 0. The SMILES string of the molecule is CCCCCCCCC(CCCC)C(OCCCCC)(OCCCCC)OCCCCC. The Hall–Kier alpha value is -0.120. The smallest absolute Gasteiger partial charge is 0.285 e. The Morgan fingerprint density at radius 3 is 1.19 bits per heavy atom. The lowest BCUT2D eigenvalue weighted by Gasteiger charge is -2.40. The molecule has 0 aromatic heterocycles. The van der Waals surface area contributed by atoms with Crippen LogP contribution in [0.25, 0.3) is 0 Å². The van der Waals surface area contributed by atoms with E-state index in [1.807, 2.05) is 0 Å². The summed E-state index contributed by atoms with van der Waals surface area (Å²) in [5.74, 6) is -0.508. The van der Waals surface area contributed by atoms with Crippen molar-refractivity contribution in [3.05, 3.63) is 0 Å². The van der Waals surface area contributed by atoms with Crippen LogP contribution in [0.1, 0.15) is 157 Å². The van der Waals surface area contributed by atoms with E-state index in [1.54, 1.807) is 0 Å². The van der Waals surface area contributed by atoms with Crippen LogP contribution in [-0.4, -0.2) is 25.8 Å². The van der Waals surface area contributed by atoms with Gasteiger partial charge in [-0.2, -0.15) is 0 Å². The molecule has 0 aliphatic heterocycles. The molecule has 0 fully saturated rings. The first kappa shape index (κ1) is 31.9. The number of hydrogen-bond acceptors (Lipinski definition) is 3. The Kier molecular flexibility index (Phi) is 23.9. The molecule has 0 aliphatic rings. The second-order valence-corrected chi connectivity index (χ2v) is 9.67. The van der Waals surface area contributed by atoms with E-state index in [1.165, 1.54) is 89.9 Å². The van der Waals surface area contributed by atoms with Gasteiger partial charge in [-0.05, 0) is 32.1 Å². The molecule has 0 heterocycles. The number of rotatable bonds is 26. The van der Waals surface area contributed by atoms with E-state index in [-0.39, 0.29) is 0 Å². The Balaban J connectivity index is 5.31. The van der Waals surface area contributed by atoms with Gasteiger partial charge in [-0.15, -0.1) is 0 Å². The minimum absolute atomic E-state index is 0.332. The molecule has 32 heavy (non-hydrogen) atoms. The Bertz CT molecular complexity index is 327. The van der Waals surface area contributed by atoms with Crippen molar-refractivity contribution in [3.63, 3.8) is 0 Å². The lowest BCUT2D eigenvalue weighted by atomic mass is 9.92. The van der Waals surface area contributed by atoms with Gasteiger partial charge in [-0.3, -0.25) is 0 Å². The highest BCUT2D eigenvalue weighted by Gasteiger charge is 2.42. The van der Waals surface area contributed by atoms with Crippen LogP contribution < -0.4 is 0 Å². The normalized spacial score (nSPS) is 13.0. The molecule has 3 heteroatoms. The molecule has 1 atom stereocenters. The zero-order chi connectivity index (χ0) is 23.8. The van der Waals surface area contributed by atoms with Gasteiger partial charge in [0, 0.05) is 5.92 Å². The van der Waals surface area contributed by atoms with E-state index in [0.29, 0.717) is 5.92 Å². The number of ether oxygens (including phenoxy) is 3. The number of hydrogen-bond donors (Lipinski definition) is 0. The molecule has 3 nitrogen and oxygen atoms in total. The van der Waals surface area contributed by atoms with Crippen LogP contribution >= 0.6 is 0 Å². The largest absolute Gasteiger partial charge is 0.327 e. The van der Waals surface area contributed by atoms with Crippen molar-refractivity contribution in [3.8, 4) is 0 Å². The van der Waals surface area contributed by atoms with Crippen LogP contribution in [0.4, 0.5) is 0 Å². The fourth-order valence-electron chi connectivity index (χ4n) is 4.30. The van der Waals surface area contributed by atoms with Gasteiger partial charge in [-0.25, -0.2) is 0 Å². The van der Waals surface area contributed by atoms with Crippen LogP contribution in [0, 0.1) is 5.92 Å². The van der Waals surface area contributed by atoms with Gasteiger partial charge in [0.25, 0.3) is 5.97 Å². The maximum absolute atomic E-state index is 6.60. The molecule has 0 N–H and O–H groups in total. The maximum Gasteiger partial charge on any atom is 0.285 e. The summed E-state index contributed by atoms with van der Waals surface area (Å²) in [5, 5.41) is 0. The van der Waals surface area contributed by atoms with Crippen molar-refractivity contribution in [1.82, 2.24) is 0 Å². The standard InChI is InChI=1S/C29H60O3/c1-6-11-16-17-18-19-24-28(23-15-10-5)29(30-25-20-12-7-2,31-26-21-13-8-3)32-27-22-14-9-4/h28H,6-27H2,1-5H3. The van der Waals surface area contributed by atoms with Gasteiger partial charge in [-0.1, -0.05) is 125 Å². The summed E-state index contributed by atoms with van der Waals surface area (Å²) >= 11 is 0. The minimum atomic E-state index is -0.839. The third kappa shape index (κ3) is 16.5. The summed E-state index contributed by atoms with van der Waals surface area (Å²) in [6.07, 6.45) is 23.2. The van der Waals surface area contributed by atoms with Gasteiger partial charge in [0.15, 0.2) is 0 Å². The van der Waals surface area contributed by atoms with Crippen LogP contribution in [0.15, 0.2) is 0 Å². The zero-order valence-electron chi connectivity index (χ0n) is 22.9. The summed E-state index contributed by atoms with van der Waals surface area (Å²) < 4.78 is 19.8. The highest BCUT2D eigenvalue weighted by Crippen LogP contribution is 2.35. The Morgan fingerprint density at radius 1 is 0.406 bits per heavy atom. The first-order chi connectivity index (χ1) is 15.7. The van der Waals surface area contributed by atoms with E-state index < -0.39 is 5.97 Å². The first-order valence-corrected chi connectivity index (χ1v) is 14.6. The molecule has 0 saturated heterocycles. The maximum atomic E-state index is 6.60. The third-order valence-corrected chi connectivity index (χ3v) is 6.47. The third-order valence-electron chi connectivity index (χ3n) is 6.47. The molecule has 0 spiro atoms. The van der Waals surface area contributed by atoms with Crippen LogP contribution in [-0.2, 0) is 14.2 Å². The van der Waals surface area contributed by atoms with Crippen LogP contribution in [0.3, 0.4) is 0 Å². The predicted molar refractivity (Wildman–Crippen MR) is 140 cm³/mol. The highest BCUT2D eigenvalue weighted by molar-refractivity contribution is 4.74. The number of unbranched alkanes of at least 4 members (excludes halogenated alkanes) is 12. The van der Waals surface area contributed by atoms with Crippen molar-refractivity contribution in [2.24, 2.45) is 5.92 Å². The zero-order valence-corrected chi connectivity index (χ0v) is 22.9. The molecule has 194 valence electrons. The van der Waals surface area contributed by atoms with Crippen molar-refractivity contribution in [2.45, 2.75) is 163 Å². The molecular weight excluding hydrogens is 396 g/mol. The quantitative estimate of drug-likeness (QED) is 0.0957. The Labute approximate surface area is 202 Å². The van der Waals surface area contributed by atoms with Gasteiger partial charge >= 0.3 is 0 Å². The lowest BCUT2D eigenvalue weighted by Crippen LogP contribution is -2.47. The summed E-state index contributed by atoms with van der Waals surface area (Å²) in [6.45, 7) is 13.6. The highest BCUT2D eigenvalue weighted by atomic mass is 16.9. The summed E-state index contributed by atoms with van der Waals surface area (Å²) in [6, 6.07) is 0. The van der Waals surface area contributed by atoms with Crippen molar-refractivity contribution < 1.29 is 14.2 Å². The van der Waals surface area contributed by atoms with Crippen LogP contribution in [0.2, 0.25) is 0 Å². The molecule has 0 amide bonds. The fraction of sp³-hybridized carbons (Fsp3) is 1.00. The molecule has 0 aliphatic carbocycles. The van der Waals surface area contributed by atoms with Crippen molar-refractivity contribution >= 4 is 0 Å². The van der Waals surface area contributed by atoms with Gasteiger partial charge in [0.1, 0.15) is 0 Å². The molecular formula is C29H60O3. The fourth-order valence-corrected chi connectivity index (χ4v) is 4.30. The molecule has 1 unspecified atom stereocenters. The van der Waals surface area contributed by atoms with E-state index in [2.05, 4.69) is 34.6 Å². The van der Waals surface area contributed by atoms with E-state index in [0.717, 1.165) is 51.9 Å². The molecule has 0 radical (unpaired) electrons. The van der Waals surface area contributed by atoms with Gasteiger partial charge in [0.05, 0.1) is 19.8 Å². The second-order valence-electron chi connectivity index (χ2n) is 9.67. The molecule has 0 aromatic carbocycles. The first-order valence-electron chi connectivity index (χ1n) is 14.6. The molecule has 0 bridgehead atoms. The minimum Gasteiger partial charge on any atom is -0.327 e. The van der Waals surface area contributed by atoms with E-state index >= 15 is 0 Å². The summed E-state index contributed by atoms with van der Waals surface area (Å²) in [4.78, 5) is 0. The molecule has 0 saturated carbocycles. The van der Waals surface area contributed by atoms with E-state index in [9.17, 15) is 0 Å². The second kappa shape index (κ2) is 24.0. The van der Waals surface area contributed by atoms with Crippen molar-refractivity contribution in [1.29, 1.82) is 0 Å². The molecule has 0 aromatic rings. The monoisotopic (exact) mass is 456 g/mol. The molecule has 0 rings (SSSR count). The van der Waals surface area contributed by atoms with Crippen molar-refractivity contribution in [2.75, 3.05) is 19.8 Å². The summed E-state index contributed by atoms with van der Waals surface area (Å²) in [5.41, 5.74) is 0. The average molecular weight is 457 g/mol. The van der Waals surface area contributed by atoms with Gasteiger partial charge in [0.2, 0.25) is 0 Å². The predicted octanol–water partition coefficient (Wildman–Crippen LogP) is 9.82. The Morgan fingerprint density at radius 2 is 0.750 bits per heavy atom. The van der Waals surface area contributed by atoms with E-state index in [4.69, 9.17) is 14.2 Å².